The number of anilines is 2. The molecule has 0 aromatic heterocycles. The lowest BCUT2D eigenvalue weighted by Gasteiger charge is -2.27. The quantitative estimate of drug-likeness (QED) is 0.440. The van der Waals surface area contributed by atoms with E-state index in [1.807, 2.05) is 18.2 Å². The molecule has 6 atom stereocenters. The van der Waals surface area contributed by atoms with Crippen LogP contribution in [0.15, 0.2) is 42.5 Å². The maximum absolute atomic E-state index is 13.2. The molecule has 2 aromatic carbocycles. The van der Waals surface area contributed by atoms with Crippen LogP contribution >= 0.6 is 15.9 Å². The van der Waals surface area contributed by atoms with Crippen LogP contribution < -0.4 is 10.6 Å². The Morgan fingerprint density at radius 1 is 1.03 bits per heavy atom. The predicted octanol–water partition coefficient (Wildman–Crippen LogP) is 4.57. The van der Waals surface area contributed by atoms with Crippen molar-refractivity contribution in [2.75, 3.05) is 10.6 Å². The first-order valence-corrected chi connectivity index (χ1v) is 12.5. The number of rotatable bonds is 6. The summed E-state index contributed by atoms with van der Waals surface area (Å²) in [4.78, 5) is 38.6. The number of para-hydroxylation sites is 1. The predicted molar refractivity (Wildman–Crippen MR) is 129 cm³/mol. The lowest BCUT2D eigenvalue weighted by Crippen LogP contribution is -2.40. The number of carbonyl (C=O) groups excluding carboxylic acids is 3. The molecule has 0 unspecified atom stereocenters. The minimum atomic E-state index is -0.411. The summed E-state index contributed by atoms with van der Waals surface area (Å²) in [7, 11) is 0. The highest BCUT2D eigenvalue weighted by Gasteiger charge is 2.67. The first-order valence-electron chi connectivity index (χ1n) is 11.6. The van der Waals surface area contributed by atoms with E-state index in [9.17, 15) is 14.4 Å². The molecule has 172 valence electrons. The second-order valence-electron chi connectivity index (χ2n) is 9.14. The molecule has 2 amide bonds. The van der Waals surface area contributed by atoms with Crippen LogP contribution in [0, 0.1) is 23.7 Å². The zero-order chi connectivity index (χ0) is 23.3. The van der Waals surface area contributed by atoms with Crippen LogP contribution in [0.3, 0.4) is 0 Å². The third-order valence-corrected chi connectivity index (χ3v) is 8.66. The number of ether oxygens (including phenoxy) is 1. The van der Waals surface area contributed by atoms with Crippen molar-refractivity contribution in [2.45, 2.75) is 44.0 Å². The lowest BCUT2D eigenvalue weighted by atomic mass is 9.79. The third-order valence-electron chi connectivity index (χ3n) is 7.46. The fraction of sp³-hybridized carbons (Fsp3) is 0.423. The minimum Gasteiger partial charge on any atom is -0.461 e. The highest BCUT2D eigenvalue weighted by atomic mass is 79.9. The normalized spacial score (nSPS) is 29.1. The minimum absolute atomic E-state index is 0.0180. The van der Waals surface area contributed by atoms with E-state index in [0.717, 1.165) is 36.1 Å². The summed E-state index contributed by atoms with van der Waals surface area (Å²) >= 11 is 3.65. The van der Waals surface area contributed by atoms with Gasteiger partial charge in [0, 0.05) is 22.9 Å². The number of hydrogen-bond donors (Lipinski definition) is 2. The molecule has 3 aliphatic rings. The van der Waals surface area contributed by atoms with E-state index in [0.29, 0.717) is 11.3 Å². The molecule has 2 aliphatic carbocycles. The first-order chi connectivity index (χ1) is 15.9. The summed E-state index contributed by atoms with van der Waals surface area (Å²) < 4.78 is 5.51. The van der Waals surface area contributed by atoms with Gasteiger partial charge in [-0.1, -0.05) is 54.0 Å². The zero-order valence-corrected chi connectivity index (χ0v) is 20.2. The highest BCUT2D eigenvalue weighted by molar-refractivity contribution is 9.09. The largest absolute Gasteiger partial charge is 0.461 e. The number of hydrogen-bond acceptors (Lipinski definition) is 4. The SMILES string of the molecule is CCc1cccc(CC)c1NC(=O)c1cccc(NC(=O)[C@@H]2[C@H]3C[C@H]4[C@H](OC(=O)[C@H]42)[C@H]3Br)c1. The molecule has 6 nitrogen and oxygen atoms in total. The Bertz CT molecular complexity index is 1110. The Balaban J connectivity index is 1.33. The van der Waals surface area contributed by atoms with Gasteiger partial charge < -0.3 is 15.4 Å². The summed E-state index contributed by atoms with van der Waals surface area (Å²) in [5, 5.41) is 6.02. The molecule has 3 fully saturated rings. The second kappa shape index (κ2) is 8.60. The Labute approximate surface area is 201 Å². The first kappa shape index (κ1) is 22.1. The number of alkyl halides is 1. The van der Waals surface area contributed by atoms with Gasteiger partial charge in [-0.2, -0.15) is 0 Å². The number of benzene rings is 2. The van der Waals surface area contributed by atoms with E-state index >= 15 is 0 Å². The van der Waals surface area contributed by atoms with Crippen LogP contribution in [-0.4, -0.2) is 28.7 Å². The van der Waals surface area contributed by atoms with Gasteiger partial charge in [0.2, 0.25) is 5.91 Å². The molecule has 0 spiro atoms. The molecule has 1 saturated heterocycles. The molecular formula is C26H27BrN2O4. The topological polar surface area (TPSA) is 84.5 Å². The summed E-state index contributed by atoms with van der Waals surface area (Å²) in [6, 6.07) is 13.0. The van der Waals surface area contributed by atoms with Gasteiger partial charge in [0.1, 0.15) is 6.10 Å². The second-order valence-corrected chi connectivity index (χ2v) is 10.2. The molecule has 5 rings (SSSR count). The van der Waals surface area contributed by atoms with Crippen molar-refractivity contribution in [2.24, 2.45) is 23.7 Å². The summed E-state index contributed by atoms with van der Waals surface area (Å²) in [5.41, 5.74) is 4.06. The van der Waals surface area contributed by atoms with E-state index in [4.69, 9.17) is 4.74 Å². The van der Waals surface area contributed by atoms with Crippen molar-refractivity contribution in [3.63, 3.8) is 0 Å². The van der Waals surface area contributed by atoms with Crippen LogP contribution in [-0.2, 0) is 27.2 Å². The highest BCUT2D eigenvalue weighted by Crippen LogP contribution is 2.60. The number of amides is 2. The molecule has 2 N–H and O–H groups in total. The van der Waals surface area contributed by atoms with E-state index in [-0.39, 0.29) is 46.5 Å². The van der Waals surface area contributed by atoms with Crippen molar-refractivity contribution in [1.29, 1.82) is 0 Å². The molecule has 33 heavy (non-hydrogen) atoms. The molecular weight excluding hydrogens is 484 g/mol. The number of carbonyl (C=O) groups is 3. The van der Waals surface area contributed by atoms with E-state index in [1.165, 1.54) is 0 Å². The maximum Gasteiger partial charge on any atom is 0.310 e. The lowest BCUT2D eigenvalue weighted by molar-refractivity contribution is -0.145. The third kappa shape index (κ3) is 3.66. The van der Waals surface area contributed by atoms with E-state index in [1.54, 1.807) is 24.3 Å². The number of esters is 1. The zero-order valence-electron chi connectivity index (χ0n) is 18.6. The van der Waals surface area contributed by atoms with Crippen LogP contribution in [0.4, 0.5) is 11.4 Å². The van der Waals surface area contributed by atoms with Crippen LogP contribution in [0.1, 0.15) is 41.8 Å². The van der Waals surface area contributed by atoms with Crippen molar-refractivity contribution >= 4 is 45.1 Å². The van der Waals surface area contributed by atoms with Crippen LogP contribution in [0.5, 0.6) is 0 Å². The molecule has 2 bridgehead atoms. The van der Waals surface area contributed by atoms with Crippen molar-refractivity contribution in [3.05, 3.63) is 59.2 Å². The fourth-order valence-electron chi connectivity index (χ4n) is 5.88. The van der Waals surface area contributed by atoms with E-state index < -0.39 is 5.92 Å². The fourth-order valence-corrected chi connectivity index (χ4v) is 6.93. The number of fused-ring (bicyclic) bond motifs is 1. The smallest absolute Gasteiger partial charge is 0.310 e. The average molecular weight is 511 g/mol. The van der Waals surface area contributed by atoms with Gasteiger partial charge in [-0.15, -0.1) is 0 Å². The Morgan fingerprint density at radius 3 is 2.42 bits per heavy atom. The standard InChI is InChI=1S/C26H27BrN2O4/c1-3-13-7-5-8-14(4-2)22(13)29-24(30)15-9-6-10-16(11-15)28-25(31)19-17-12-18-20(19)26(32)33-23(18)21(17)27/h5-11,17-21,23H,3-4,12H2,1-2H3,(H,28,31)(H,29,30)/t17-,18-,19-,20-,21+,23+/m1/s1. The van der Waals surface area contributed by atoms with Crippen molar-refractivity contribution in [1.82, 2.24) is 0 Å². The summed E-state index contributed by atoms with van der Waals surface area (Å²) in [6.07, 6.45) is 2.36. The van der Waals surface area contributed by atoms with Gasteiger partial charge in [-0.05, 0) is 54.5 Å². The van der Waals surface area contributed by atoms with Gasteiger partial charge in [0.05, 0.1) is 16.7 Å². The Morgan fingerprint density at radius 2 is 1.73 bits per heavy atom. The molecule has 1 heterocycles. The molecule has 0 radical (unpaired) electrons. The van der Waals surface area contributed by atoms with Gasteiger partial charge in [-0.25, -0.2) is 0 Å². The van der Waals surface area contributed by atoms with Gasteiger partial charge in [0.15, 0.2) is 0 Å². The molecule has 2 aromatic rings. The van der Waals surface area contributed by atoms with Crippen LogP contribution in [0.25, 0.3) is 0 Å². The number of nitrogens with one attached hydrogen (secondary N) is 2. The molecule has 1 aliphatic heterocycles. The monoisotopic (exact) mass is 510 g/mol. The Hall–Kier alpha value is -2.67. The number of halogens is 1. The Kier molecular flexibility index (Phi) is 5.77. The molecule has 7 heteroatoms. The maximum atomic E-state index is 13.2. The summed E-state index contributed by atoms with van der Waals surface area (Å²) in [6.45, 7) is 4.13. The van der Waals surface area contributed by atoms with Crippen LogP contribution in [0.2, 0.25) is 0 Å². The summed E-state index contributed by atoms with van der Waals surface area (Å²) in [5.74, 6) is -1.23. The number of aryl methyl sites for hydroxylation is 2. The average Bonchev–Trinajstić information content (AvgIpc) is 3.43. The molecule has 2 saturated carbocycles. The van der Waals surface area contributed by atoms with Crippen molar-refractivity contribution in [3.8, 4) is 0 Å². The van der Waals surface area contributed by atoms with Gasteiger partial charge in [0.25, 0.3) is 5.91 Å². The van der Waals surface area contributed by atoms with Crippen molar-refractivity contribution < 1.29 is 19.1 Å². The van der Waals surface area contributed by atoms with Gasteiger partial charge >= 0.3 is 5.97 Å². The van der Waals surface area contributed by atoms with E-state index in [2.05, 4.69) is 40.4 Å². The van der Waals surface area contributed by atoms with Gasteiger partial charge in [-0.3, -0.25) is 14.4 Å².